The maximum atomic E-state index is 13.0. The number of carbonyl (C=O) groups excluding carboxylic acids is 1. The van der Waals surface area contributed by atoms with E-state index in [1.807, 2.05) is 0 Å². The summed E-state index contributed by atoms with van der Waals surface area (Å²) in [5.41, 5.74) is 0.936. The van der Waals surface area contributed by atoms with Crippen LogP contribution in [0.4, 0.5) is 10.1 Å². The first-order valence-electron chi connectivity index (χ1n) is 8.54. The monoisotopic (exact) mass is 392 g/mol. The Labute approximate surface area is 158 Å². The summed E-state index contributed by atoms with van der Waals surface area (Å²) in [4.78, 5) is 16.4. The molecule has 1 aliphatic rings. The van der Waals surface area contributed by atoms with Crippen LogP contribution in [0.15, 0.2) is 53.4 Å². The lowest BCUT2D eigenvalue weighted by Gasteiger charge is -2.36. The highest BCUT2D eigenvalue weighted by Gasteiger charge is 2.21. The number of benzene rings is 2. The van der Waals surface area contributed by atoms with E-state index in [0.29, 0.717) is 31.9 Å². The Bertz CT molecular complexity index is 890. The van der Waals surface area contributed by atoms with Crippen LogP contribution < -0.4 is 9.64 Å². The fourth-order valence-electron chi connectivity index (χ4n) is 2.89. The average molecular weight is 392 g/mol. The molecule has 1 amide bonds. The molecule has 1 heterocycles. The van der Waals surface area contributed by atoms with Gasteiger partial charge in [0.1, 0.15) is 11.6 Å². The van der Waals surface area contributed by atoms with Crippen molar-refractivity contribution in [3.63, 3.8) is 0 Å². The van der Waals surface area contributed by atoms with Gasteiger partial charge in [-0.1, -0.05) is 0 Å². The summed E-state index contributed by atoms with van der Waals surface area (Å²) in [7, 11) is -3.25. The van der Waals surface area contributed by atoms with Crippen molar-refractivity contribution in [3.05, 3.63) is 54.3 Å². The number of anilines is 1. The number of rotatable bonds is 5. The van der Waals surface area contributed by atoms with E-state index in [1.54, 1.807) is 17.0 Å². The van der Waals surface area contributed by atoms with Crippen molar-refractivity contribution in [2.45, 2.75) is 4.90 Å². The summed E-state index contributed by atoms with van der Waals surface area (Å²) in [5, 5.41) is 0. The van der Waals surface area contributed by atoms with Crippen LogP contribution in [-0.4, -0.2) is 58.3 Å². The van der Waals surface area contributed by atoms with Crippen LogP contribution in [0.5, 0.6) is 5.75 Å². The van der Waals surface area contributed by atoms with Crippen molar-refractivity contribution in [1.82, 2.24) is 4.90 Å². The minimum Gasteiger partial charge on any atom is -0.484 e. The van der Waals surface area contributed by atoms with Gasteiger partial charge in [0.2, 0.25) is 0 Å². The number of amides is 1. The van der Waals surface area contributed by atoms with Gasteiger partial charge in [-0.05, 0) is 48.5 Å². The van der Waals surface area contributed by atoms with Crippen LogP contribution in [0.3, 0.4) is 0 Å². The highest BCUT2D eigenvalue weighted by Crippen LogP contribution is 2.18. The van der Waals surface area contributed by atoms with Crippen molar-refractivity contribution in [1.29, 1.82) is 0 Å². The summed E-state index contributed by atoms with van der Waals surface area (Å²) in [6.45, 7) is 2.36. The van der Waals surface area contributed by atoms with Crippen molar-refractivity contribution < 1.29 is 22.3 Å². The number of halogens is 1. The van der Waals surface area contributed by atoms with Crippen molar-refractivity contribution in [2.75, 3.05) is 43.9 Å². The Balaban J connectivity index is 1.49. The number of hydrogen-bond donors (Lipinski definition) is 0. The Kier molecular flexibility index (Phi) is 5.65. The molecule has 0 aliphatic carbocycles. The fourth-order valence-corrected chi connectivity index (χ4v) is 3.52. The molecule has 27 heavy (non-hydrogen) atoms. The lowest BCUT2D eigenvalue weighted by atomic mass is 10.2. The van der Waals surface area contributed by atoms with Gasteiger partial charge in [-0.15, -0.1) is 0 Å². The zero-order valence-electron chi connectivity index (χ0n) is 15.0. The standard InChI is InChI=1S/C19H21FN2O4S/c1-27(24,25)18-8-6-17(7-9-18)26-14-19(23)22-12-10-21(11-13-22)16-4-2-15(20)3-5-16/h2-9H,10-14H2,1H3. The van der Waals surface area contributed by atoms with E-state index in [-0.39, 0.29) is 23.2 Å². The molecule has 0 aromatic heterocycles. The van der Waals surface area contributed by atoms with E-state index >= 15 is 0 Å². The lowest BCUT2D eigenvalue weighted by molar-refractivity contribution is -0.133. The summed E-state index contributed by atoms with van der Waals surface area (Å²) >= 11 is 0. The molecule has 2 aromatic rings. The smallest absolute Gasteiger partial charge is 0.260 e. The fraction of sp³-hybridized carbons (Fsp3) is 0.316. The van der Waals surface area contributed by atoms with E-state index in [2.05, 4.69) is 4.90 Å². The van der Waals surface area contributed by atoms with E-state index < -0.39 is 9.84 Å². The summed E-state index contributed by atoms with van der Waals surface area (Å²) in [6.07, 6.45) is 1.14. The summed E-state index contributed by atoms with van der Waals surface area (Å²) < 4.78 is 41.4. The molecule has 0 unspecified atom stereocenters. The SMILES string of the molecule is CS(=O)(=O)c1ccc(OCC(=O)N2CCN(c3ccc(F)cc3)CC2)cc1. The lowest BCUT2D eigenvalue weighted by Crippen LogP contribution is -2.50. The third kappa shape index (κ3) is 4.97. The molecular weight excluding hydrogens is 371 g/mol. The van der Waals surface area contributed by atoms with Crippen LogP contribution in [0.1, 0.15) is 0 Å². The normalized spacial score (nSPS) is 14.9. The molecule has 8 heteroatoms. The van der Waals surface area contributed by atoms with E-state index in [4.69, 9.17) is 4.74 Å². The van der Waals surface area contributed by atoms with Crippen molar-refractivity contribution in [3.8, 4) is 5.75 Å². The Morgan fingerprint density at radius 1 is 1.00 bits per heavy atom. The van der Waals surface area contributed by atoms with Gasteiger partial charge >= 0.3 is 0 Å². The van der Waals surface area contributed by atoms with Crippen LogP contribution in [0.25, 0.3) is 0 Å². The summed E-state index contributed by atoms with van der Waals surface area (Å²) in [5.74, 6) is 0.0518. The minimum absolute atomic E-state index is 0.102. The second-order valence-corrected chi connectivity index (χ2v) is 8.39. The number of ether oxygens (including phenoxy) is 1. The molecule has 0 radical (unpaired) electrons. The molecule has 1 fully saturated rings. The minimum atomic E-state index is -3.25. The zero-order valence-corrected chi connectivity index (χ0v) is 15.8. The number of sulfone groups is 1. The highest BCUT2D eigenvalue weighted by molar-refractivity contribution is 7.90. The van der Waals surface area contributed by atoms with Gasteiger partial charge < -0.3 is 14.5 Å². The van der Waals surface area contributed by atoms with Crippen molar-refractivity contribution in [2.24, 2.45) is 0 Å². The van der Waals surface area contributed by atoms with E-state index in [9.17, 15) is 17.6 Å². The number of carbonyl (C=O) groups is 1. The molecule has 6 nitrogen and oxygen atoms in total. The Morgan fingerprint density at radius 3 is 2.15 bits per heavy atom. The molecule has 0 spiro atoms. The van der Waals surface area contributed by atoms with Crippen LogP contribution in [0.2, 0.25) is 0 Å². The predicted molar refractivity (Wildman–Crippen MR) is 100 cm³/mol. The third-order valence-corrected chi connectivity index (χ3v) is 5.57. The Morgan fingerprint density at radius 2 is 1.59 bits per heavy atom. The second kappa shape index (κ2) is 7.96. The quantitative estimate of drug-likeness (QED) is 0.778. The van der Waals surface area contributed by atoms with Gasteiger partial charge in [0.15, 0.2) is 16.4 Å². The van der Waals surface area contributed by atoms with Crippen molar-refractivity contribution >= 4 is 21.4 Å². The summed E-state index contributed by atoms with van der Waals surface area (Å²) in [6, 6.07) is 12.3. The maximum Gasteiger partial charge on any atom is 0.260 e. The first-order chi connectivity index (χ1) is 12.8. The number of nitrogens with zero attached hydrogens (tertiary/aromatic N) is 2. The molecule has 1 aliphatic heterocycles. The van der Waals surface area contributed by atoms with Gasteiger partial charge in [0, 0.05) is 38.1 Å². The van der Waals surface area contributed by atoms with Gasteiger partial charge in [-0.2, -0.15) is 0 Å². The molecule has 0 atom stereocenters. The van der Waals surface area contributed by atoms with E-state index in [1.165, 1.54) is 36.4 Å². The topological polar surface area (TPSA) is 66.9 Å². The third-order valence-electron chi connectivity index (χ3n) is 4.44. The highest BCUT2D eigenvalue weighted by atomic mass is 32.2. The molecular formula is C19H21FN2O4S. The first kappa shape index (κ1) is 19.2. The Hall–Kier alpha value is -2.61. The second-order valence-electron chi connectivity index (χ2n) is 6.38. The van der Waals surface area contributed by atoms with Gasteiger partial charge in [0.25, 0.3) is 5.91 Å². The average Bonchev–Trinajstić information content (AvgIpc) is 2.66. The van der Waals surface area contributed by atoms with Gasteiger partial charge in [-0.3, -0.25) is 4.79 Å². The van der Waals surface area contributed by atoms with Gasteiger partial charge in [0.05, 0.1) is 4.90 Å². The predicted octanol–water partition coefficient (Wildman–Crippen LogP) is 1.96. The molecule has 3 rings (SSSR count). The number of piperazine rings is 1. The molecule has 0 bridgehead atoms. The maximum absolute atomic E-state index is 13.0. The van der Waals surface area contributed by atoms with Gasteiger partial charge in [-0.25, -0.2) is 12.8 Å². The van der Waals surface area contributed by atoms with Crippen LogP contribution >= 0.6 is 0 Å². The molecule has 0 N–H and O–H groups in total. The van der Waals surface area contributed by atoms with E-state index in [0.717, 1.165) is 11.9 Å². The first-order valence-corrected chi connectivity index (χ1v) is 10.4. The van der Waals surface area contributed by atoms with Crippen LogP contribution in [0, 0.1) is 5.82 Å². The molecule has 2 aromatic carbocycles. The molecule has 0 saturated carbocycles. The molecule has 144 valence electrons. The zero-order chi connectivity index (χ0) is 19.4. The number of hydrogen-bond acceptors (Lipinski definition) is 5. The largest absolute Gasteiger partial charge is 0.484 e. The molecule has 1 saturated heterocycles. The van der Waals surface area contributed by atoms with Crippen LogP contribution in [-0.2, 0) is 14.6 Å².